The molecule has 1 heterocycles. The van der Waals surface area contributed by atoms with Crippen LogP contribution in [0.2, 0.25) is 0 Å². The van der Waals surface area contributed by atoms with Gasteiger partial charge in [0.1, 0.15) is 5.75 Å². The third-order valence-electron chi connectivity index (χ3n) is 2.97. The minimum atomic E-state index is -0.187. The smallest absolute Gasteiger partial charge is 0.258 e. The Labute approximate surface area is 130 Å². The number of pyridine rings is 1. The molecule has 1 aromatic heterocycles. The van der Waals surface area contributed by atoms with Crippen molar-refractivity contribution in [2.45, 2.75) is 20.4 Å². The molecule has 0 bridgehead atoms. The number of benzene rings is 1. The van der Waals surface area contributed by atoms with E-state index in [1.165, 1.54) is 0 Å². The van der Waals surface area contributed by atoms with E-state index in [-0.39, 0.29) is 12.5 Å². The van der Waals surface area contributed by atoms with E-state index in [1.54, 1.807) is 6.20 Å². The van der Waals surface area contributed by atoms with E-state index >= 15 is 0 Å². The zero-order valence-corrected chi connectivity index (χ0v) is 12.8. The highest BCUT2D eigenvalue weighted by Gasteiger charge is 2.07. The van der Waals surface area contributed by atoms with Gasteiger partial charge in [-0.15, -0.1) is 0 Å². The molecule has 5 nitrogen and oxygen atoms in total. The summed E-state index contributed by atoms with van der Waals surface area (Å²) in [5, 5.41) is 2.80. The Morgan fingerprint density at radius 3 is 2.86 bits per heavy atom. The number of aromatic nitrogens is 1. The fourth-order valence-electron chi connectivity index (χ4n) is 1.92. The van der Waals surface area contributed by atoms with Gasteiger partial charge in [0.15, 0.2) is 6.61 Å². The SMILES string of the molecule is CCOc1ncccc1CNC(=O)COc1cccc(C)c1. The summed E-state index contributed by atoms with van der Waals surface area (Å²) in [7, 11) is 0. The zero-order valence-electron chi connectivity index (χ0n) is 12.8. The fraction of sp³-hybridized carbons (Fsp3) is 0.294. The first-order chi connectivity index (χ1) is 10.7. The average molecular weight is 300 g/mol. The molecule has 0 aliphatic heterocycles. The molecule has 0 fully saturated rings. The predicted octanol–water partition coefficient (Wildman–Crippen LogP) is 2.48. The van der Waals surface area contributed by atoms with Crippen molar-refractivity contribution in [2.75, 3.05) is 13.2 Å². The molecule has 116 valence electrons. The molecule has 1 N–H and O–H groups in total. The predicted molar refractivity (Wildman–Crippen MR) is 83.9 cm³/mol. The van der Waals surface area contributed by atoms with Crippen LogP contribution in [0.25, 0.3) is 0 Å². The number of carbonyl (C=O) groups excluding carboxylic acids is 1. The van der Waals surface area contributed by atoms with Crippen molar-refractivity contribution in [2.24, 2.45) is 0 Å². The highest BCUT2D eigenvalue weighted by molar-refractivity contribution is 5.77. The van der Waals surface area contributed by atoms with Gasteiger partial charge in [0.25, 0.3) is 5.91 Å². The van der Waals surface area contributed by atoms with Crippen LogP contribution in [0.15, 0.2) is 42.6 Å². The molecule has 2 rings (SSSR count). The van der Waals surface area contributed by atoms with Crippen LogP contribution in [0.4, 0.5) is 0 Å². The van der Waals surface area contributed by atoms with E-state index < -0.39 is 0 Å². The van der Waals surface area contributed by atoms with E-state index in [0.717, 1.165) is 11.1 Å². The lowest BCUT2D eigenvalue weighted by Gasteiger charge is -2.10. The van der Waals surface area contributed by atoms with E-state index in [4.69, 9.17) is 9.47 Å². The number of hydrogen-bond donors (Lipinski definition) is 1. The number of aryl methyl sites for hydroxylation is 1. The Morgan fingerprint density at radius 1 is 1.23 bits per heavy atom. The van der Waals surface area contributed by atoms with Crippen LogP contribution in [0.3, 0.4) is 0 Å². The number of nitrogens with one attached hydrogen (secondary N) is 1. The van der Waals surface area contributed by atoms with Gasteiger partial charge < -0.3 is 14.8 Å². The molecular formula is C17H20N2O3. The molecule has 0 radical (unpaired) electrons. The van der Waals surface area contributed by atoms with Gasteiger partial charge in [-0.1, -0.05) is 18.2 Å². The van der Waals surface area contributed by atoms with Crippen molar-refractivity contribution < 1.29 is 14.3 Å². The Morgan fingerprint density at radius 2 is 2.09 bits per heavy atom. The first-order valence-electron chi connectivity index (χ1n) is 7.22. The fourth-order valence-corrected chi connectivity index (χ4v) is 1.92. The van der Waals surface area contributed by atoms with Gasteiger partial charge in [-0.2, -0.15) is 0 Å². The molecule has 0 aliphatic rings. The van der Waals surface area contributed by atoms with E-state index in [0.29, 0.717) is 24.8 Å². The summed E-state index contributed by atoms with van der Waals surface area (Å²) < 4.78 is 10.9. The first-order valence-corrected chi connectivity index (χ1v) is 7.22. The summed E-state index contributed by atoms with van der Waals surface area (Å²) in [4.78, 5) is 16.0. The van der Waals surface area contributed by atoms with Crippen LogP contribution in [0.5, 0.6) is 11.6 Å². The quantitative estimate of drug-likeness (QED) is 0.853. The number of hydrogen-bond acceptors (Lipinski definition) is 4. The molecule has 0 saturated carbocycles. The van der Waals surface area contributed by atoms with Gasteiger partial charge in [0.2, 0.25) is 5.88 Å². The summed E-state index contributed by atoms with van der Waals surface area (Å²) in [5.41, 5.74) is 1.93. The van der Waals surface area contributed by atoms with Gasteiger partial charge in [0, 0.05) is 18.3 Å². The second-order valence-electron chi connectivity index (χ2n) is 4.78. The van der Waals surface area contributed by atoms with Crippen molar-refractivity contribution in [1.82, 2.24) is 10.3 Å². The summed E-state index contributed by atoms with van der Waals surface area (Å²) in [6.07, 6.45) is 1.66. The van der Waals surface area contributed by atoms with E-state index in [1.807, 2.05) is 50.2 Å². The second-order valence-corrected chi connectivity index (χ2v) is 4.78. The lowest BCUT2D eigenvalue weighted by molar-refractivity contribution is -0.123. The van der Waals surface area contributed by atoms with Crippen molar-refractivity contribution >= 4 is 5.91 Å². The van der Waals surface area contributed by atoms with Gasteiger partial charge in [0.05, 0.1) is 6.61 Å². The maximum absolute atomic E-state index is 11.8. The molecule has 0 saturated heterocycles. The topological polar surface area (TPSA) is 60.5 Å². The largest absolute Gasteiger partial charge is 0.484 e. The van der Waals surface area contributed by atoms with E-state index in [9.17, 15) is 4.79 Å². The van der Waals surface area contributed by atoms with Gasteiger partial charge in [-0.25, -0.2) is 4.98 Å². The maximum atomic E-state index is 11.8. The molecule has 1 amide bonds. The van der Waals surface area contributed by atoms with Crippen LogP contribution < -0.4 is 14.8 Å². The number of nitrogens with zero attached hydrogens (tertiary/aromatic N) is 1. The third kappa shape index (κ3) is 4.77. The molecule has 2 aromatic rings. The molecule has 0 unspecified atom stereocenters. The van der Waals surface area contributed by atoms with Crippen molar-refractivity contribution in [3.8, 4) is 11.6 Å². The van der Waals surface area contributed by atoms with Crippen LogP contribution in [-0.2, 0) is 11.3 Å². The Balaban J connectivity index is 1.83. The molecule has 0 aliphatic carbocycles. The third-order valence-corrected chi connectivity index (χ3v) is 2.97. The highest BCUT2D eigenvalue weighted by atomic mass is 16.5. The minimum Gasteiger partial charge on any atom is -0.484 e. The molecule has 0 atom stereocenters. The second kappa shape index (κ2) is 8.02. The van der Waals surface area contributed by atoms with Gasteiger partial charge >= 0.3 is 0 Å². The van der Waals surface area contributed by atoms with Crippen LogP contribution in [0.1, 0.15) is 18.1 Å². The van der Waals surface area contributed by atoms with Crippen molar-refractivity contribution in [3.63, 3.8) is 0 Å². The van der Waals surface area contributed by atoms with Crippen LogP contribution in [-0.4, -0.2) is 24.1 Å². The standard InChI is InChI=1S/C17H20N2O3/c1-3-21-17-14(7-5-9-18-17)11-19-16(20)12-22-15-8-4-6-13(2)10-15/h4-10H,3,11-12H2,1-2H3,(H,19,20). The summed E-state index contributed by atoms with van der Waals surface area (Å²) in [5.74, 6) is 1.05. The van der Waals surface area contributed by atoms with Gasteiger partial charge in [-0.05, 0) is 37.6 Å². The molecule has 22 heavy (non-hydrogen) atoms. The zero-order chi connectivity index (χ0) is 15.8. The molecule has 1 aromatic carbocycles. The number of carbonyl (C=O) groups is 1. The molecular weight excluding hydrogens is 280 g/mol. The first kappa shape index (κ1) is 15.8. The van der Waals surface area contributed by atoms with Crippen molar-refractivity contribution in [1.29, 1.82) is 0 Å². The Bertz CT molecular complexity index is 629. The number of ether oxygens (including phenoxy) is 2. The maximum Gasteiger partial charge on any atom is 0.258 e. The summed E-state index contributed by atoms with van der Waals surface area (Å²) in [6.45, 7) is 4.75. The summed E-state index contributed by atoms with van der Waals surface area (Å²) in [6, 6.07) is 11.3. The van der Waals surface area contributed by atoms with Crippen molar-refractivity contribution in [3.05, 3.63) is 53.7 Å². The minimum absolute atomic E-state index is 0.0202. The van der Waals surface area contributed by atoms with Crippen LogP contribution in [0, 0.1) is 6.92 Å². The average Bonchev–Trinajstić information content (AvgIpc) is 2.52. The number of amides is 1. The normalized spacial score (nSPS) is 10.1. The lowest BCUT2D eigenvalue weighted by Crippen LogP contribution is -2.28. The summed E-state index contributed by atoms with van der Waals surface area (Å²) >= 11 is 0. The Kier molecular flexibility index (Phi) is 5.77. The van der Waals surface area contributed by atoms with E-state index in [2.05, 4.69) is 10.3 Å². The lowest BCUT2D eigenvalue weighted by atomic mass is 10.2. The number of rotatable bonds is 7. The Hall–Kier alpha value is -2.56. The monoisotopic (exact) mass is 300 g/mol. The van der Waals surface area contributed by atoms with Gasteiger partial charge in [-0.3, -0.25) is 4.79 Å². The van der Waals surface area contributed by atoms with Crippen LogP contribution >= 0.6 is 0 Å². The molecule has 5 heteroatoms. The molecule has 0 spiro atoms. The highest BCUT2D eigenvalue weighted by Crippen LogP contribution is 2.14.